The lowest BCUT2D eigenvalue weighted by atomic mass is 10.0. The van der Waals surface area contributed by atoms with Crippen LogP contribution < -0.4 is 0 Å². The Kier molecular flexibility index (Phi) is 31.8. The second-order valence-electron chi connectivity index (χ2n) is 12.4. The molecule has 230 valence electrons. The van der Waals surface area contributed by atoms with E-state index in [9.17, 15) is 0 Å². The van der Waals surface area contributed by atoms with Crippen molar-refractivity contribution in [2.24, 2.45) is 0 Å². The van der Waals surface area contributed by atoms with Gasteiger partial charge in [0.05, 0.1) is 0 Å². The first kappa shape index (κ1) is 38.1. The van der Waals surface area contributed by atoms with Crippen LogP contribution in [-0.4, -0.2) is 22.8 Å². The first-order valence-electron chi connectivity index (χ1n) is 17.8. The van der Waals surface area contributed by atoms with Crippen LogP contribution in [0.4, 0.5) is 0 Å². The van der Waals surface area contributed by atoms with Crippen LogP contribution >= 0.6 is 0 Å². The molecule has 0 unspecified atom stereocenters. The van der Waals surface area contributed by atoms with Crippen LogP contribution in [0.1, 0.15) is 200 Å². The molecule has 0 heterocycles. The topological polar surface area (TPSA) is 18.5 Å². The number of rotatable bonds is 33. The van der Waals surface area contributed by atoms with Gasteiger partial charge in [-0.25, -0.2) is 0 Å². The van der Waals surface area contributed by atoms with Crippen molar-refractivity contribution in [1.29, 1.82) is 0 Å². The molecular formula is C35H74O2Si. The van der Waals surface area contributed by atoms with Crippen LogP contribution in [0.25, 0.3) is 0 Å². The van der Waals surface area contributed by atoms with E-state index in [0.29, 0.717) is 0 Å². The molecule has 38 heavy (non-hydrogen) atoms. The van der Waals surface area contributed by atoms with Crippen LogP contribution in [0.15, 0.2) is 0 Å². The maximum absolute atomic E-state index is 6.03. The largest absolute Gasteiger partial charge is 0.398 e. The Morgan fingerprint density at radius 3 is 0.658 bits per heavy atom. The standard InChI is InChI=1S/C35H74O2Si/c1-5-7-9-11-13-15-17-18-19-20-21-22-23-25-27-29-31-33-35-38(36-3,37-4)34-32-30-28-26-24-16-14-12-10-8-6-2/h5-35H2,1-4H3. The minimum atomic E-state index is -1.95. The zero-order valence-corrected chi connectivity index (χ0v) is 28.2. The van der Waals surface area contributed by atoms with Gasteiger partial charge in [-0.3, -0.25) is 0 Å². The molecule has 0 saturated heterocycles. The predicted molar refractivity (Wildman–Crippen MR) is 175 cm³/mol. The van der Waals surface area contributed by atoms with Crippen molar-refractivity contribution in [3.05, 3.63) is 0 Å². The SMILES string of the molecule is CCCCCCCCCCCCCCCCCCCC[Si](CCCCCCCCCCCCC)(OC)OC. The molecule has 2 nitrogen and oxygen atoms in total. The van der Waals surface area contributed by atoms with Gasteiger partial charge in [0.2, 0.25) is 0 Å². The van der Waals surface area contributed by atoms with Gasteiger partial charge in [0.1, 0.15) is 0 Å². The Morgan fingerprint density at radius 2 is 0.474 bits per heavy atom. The van der Waals surface area contributed by atoms with Crippen molar-refractivity contribution < 1.29 is 8.85 Å². The zero-order chi connectivity index (χ0) is 27.8. The Bertz CT molecular complexity index is 424. The summed E-state index contributed by atoms with van der Waals surface area (Å²) in [5.74, 6) is 0. The monoisotopic (exact) mass is 555 g/mol. The first-order valence-corrected chi connectivity index (χ1v) is 20.1. The quantitative estimate of drug-likeness (QED) is 0.0593. The molecule has 0 aliphatic carbocycles. The van der Waals surface area contributed by atoms with Crippen molar-refractivity contribution in [2.45, 2.75) is 212 Å². The van der Waals surface area contributed by atoms with Gasteiger partial charge in [0.25, 0.3) is 0 Å². The van der Waals surface area contributed by atoms with Gasteiger partial charge in [0.15, 0.2) is 0 Å². The molecule has 0 aliphatic rings. The minimum absolute atomic E-state index is 1.19. The van der Waals surface area contributed by atoms with Gasteiger partial charge in [0, 0.05) is 14.2 Å². The Balaban J connectivity index is 3.50. The highest BCUT2D eigenvalue weighted by Gasteiger charge is 2.33. The molecule has 0 N–H and O–H groups in total. The molecule has 0 aromatic carbocycles. The van der Waals surface area contributed by atoms with Crippen LogP contribution in [0, 0.1) is 0 Å². The fourth-order valence-corrected chi connectivity index (χ4v) is 8.78. The zero-order valence-electron chi connectivity index (χ0n) is 27.2. The maximum Gasteiger partial charge on any atom is 0.337 e. The molecule has 0 bridgehead atoms. The molecule has 3 heteroatoms. The van der Waals surface area contributed by atoms with Gasteiger partial charge in [-0.2, -0.15) is 0 Å². The van der Waals surface area contributed by atoms with Gasteiger partial charge >= 0.3 is 8.56 Å². The summed E-state index contributed by atoms with van der Waals surface area (Å²) in [6, 6.07) is 2.38. The summed E-state index contributed by atoms with van der Waals surface area (Å²) in [4.78, 5) is 0. The average molecular weight is 555 g/mol. The number of hydrogen-bond acceptors (Lipinski definition) is 2. The lowest BCUT2D eigenvalue weighted by molar-refractivity contribution is 0.238. The molecule has 0 aromatic rings. The second-order valence-corrected chi connectivity index (χ2v) is 16.0. The van der Waals surface area contributed by atoms with E-state index in [2.05, 4.69) is 13.8 Å². The summed E-state index contributed by atoms with van der Waals surface area (Å²) in [7, 11) is 1.86. The van der Waals surface area contributed by atoms with Crippen molar-refractivity contribution >= 4 is 8.56 Å². The molecule has 0 aliphatic heterocycles. The van der Waals surface area contributed by atoms with Crippen LogP contribution in [0.3, 0.4) is 0 Å². The molecule has 0 saturated carbocycles. The molecule has 0 rings (SSSR count). The summed E-state index contributed by atoms with van der Waals surface area (Å²) in [6.45, 7) is 4.60. The molecular weight excluding hydrogens is 480 g/mol. The molecule has 0 fully saturated rings. The molecule has 0 aromatic heterocycles. The Hall–Kier alpha value is 0.137. The van der Waals surface area contributed by atoms with Crippen molar-refractivity contribution in [1.82, 2.24) is 0 Å². The van der Waals surface area contributed by atoms with Crippen LogP contribution in [0.5, 0.6) is 0 Å². The third-order valence-electron chi connectivity index (χ3n) is 8.82. The fourth-order valence-electron chi connectivity index (χ4n) is 5.97. The Morgan fingerprint density at radius 1 is 0.289 bits per heavy atom. The van der Waals surface area contributed by atoms with Crippen LogP contribution in [-0.2, 0) is 8.85 Å². The fraction of sp³-hybridized carbons (Fsp3) is 1.00. The molecule has 0 amide bonds. The van der Waals surface area contributed by atoms with Gasteiger partial charge < -0.3 is 8.85 Å². The van der Waals surface area contributed by atoms with Crippen molar-refractivity contribution in [2.75, 3.05) is 14.2 Å². The average Bonchev–Trinajstić information content (AvgIpc) is 2.94. The summed E-state index contributed by atoms with van der Waals surface area (Å²) < 4.78 is 12.1. The maximum atomic E-state index is 6.03. The predicted octanol–water partition coefficient (Wildman–Crippen LogP) is 13.1. The second kappa shape index (κ2) is 31.7. The highest BCUT2D eigenvalue weighted by atomic mass is 28.4. The minimum Gasteiger partial charge on any atom is -0.398 e. The van der Waals surface area contributed by atoms with E-state index in [1.54, 1.807) is 0 Å². The van der Waals surface area contributed by atoms with Gasteiger partial charge in [-0.1, -0.05) is 200 Å². The van der Waals surface area contributed by atoms with E-state index in [-0.39, 0.29) is 0 Å². The lowest BCUT2D eigenvalue weighted by Gasteiger charge is -2.27. The third-order valence-corrected chi connectivity index (χ3v) is 12.5. The van der Waals surface area contributed by atoms with E-state index < -0.39 is 8.56 Å². The van der Waals surface area contributed by atoms with Gasteiger partial charge in [-0.05, 0) is 12.1 Å². The summed E-state index contributed by atoms with van der Waals surface area (Å²) in [5.41, 5.74) is 0. The summed E-state index contributed by atoms with van der Waals surface area (Å²) in [6.07, 6.45) is 41.3. The Labute approximate surface area is 243 Å². The van der Waals surface area contributed by atoms with E-state index >= 15 is 0 Å². The third kappa shape index (κ3) is 26.4. The molecule has 0 atom stereocenters. The number of unbranched alkanes of at least 4 members (excludes halogenated alkanes) is 27. The highest BCUT2D eigenvalue weighted by Crippen LogP contribution is 2.25. The van der Waals surface area contributed by atoms with Crippen molar-refractivity contribution in [3.63, 3.8) is 0 Å². The van der Waals surface area contributed by atoms with E-state index in [1.807, 2.05) is 14.2 Å². The summed E-state index contributed by atoms with van der Waals surface area (Å²) >= 11 is 0. The summed E-state index contributed by atoms with van der Waals surface area (Å²) in [5, 5.41) is 0. The highest BCUT2D eigenvalue weighted by molar-refractivity contribution is 6.67. The number of hydrogen-bond donors (Lipinski definition) is 0. The lowest BCUT2D eigenvalue weighted by Crippen LogP contribution is -2.39. The van der Waals surface area contributed by atoms with Crippen molar-refractivity contribution in [3.8, 4) is 0 Å². The first-order chi connectivity index (χ1) is 18.7. The molecule has 0 radical (unpaired) electrons. The smallest absolute Gasteiger partial charge is 0.337 e. The van der Waals surface area contributed by atoms with Gasteiger partial charge in [-0.15, -0.1) is 0 Å². The van der Waals surface area contributed by atoms with E-state index in [4.69, 9.17) is 8.85 Å². The molecule has 0 spiro atoms. The normalized spacial score (nSPS) is 12.0. The van der Waals surface area contributed by atoms with Crippen LogP contribution in [0.2, 0.25) is 12.1 Å². The van der Waals surface area contributed by atoms with E-state index in [0.717, 1.165) is 0 Å². The van der Waals surface area contributed by atoms with E-state index in [1.165, 1.54) is 198 Å².